The van der Waals surface area contributed by atoms with E-state index in [1.807, 2.05) is 0 Å². The van der Waals surface area contributed by atoms with Gasteiger partial charge in [0.05, 0.1) is 6.10 Å². The molecule has 0 saturated carbocycles. The summed E-state index contributed by atoms with van der Waals surface area (Å²) >= 11 is 0. The minimum atomic E-state index is 0.223. The van der Waals surface area contributed by atoms with Crippen LogP contribution in [0.3, 0.4) is 0 Å². The third-order valence-electron chi connectivity index (χ3n) is 3.90. The Hall–Kier alpha value is -1.10. The second-order valence-electron chi connectivity index (χ2n) is 6.27. The molecular weight excluding hydrogens is 262 g/mol. The second-order valence-corrected chi connectivity index (χ2v) is 6.27. The van der Waals surface area contributed by atoms with E-state index in [0.29, 0.717) is 6.04 Å². The van der Waals surface area contributed by atoms with Crippen LogP contribution in [0.5, 0.6) is 5.75 Å². The van der Waals surface area contributed by atoms with Crippen molar-refractivity contribution in [2.24, 2.45) is 0 Å². The molecule has 1 fully saturated rings. The molecule has 1 aliphatic rings. The molecule has 21 heavy (non-hydrogen) atoms. The first-order valence-corrected chi connectivity index (χ1v) is 7.92. The Balaban J connectivity index is 2.03. The van der Waals surface area contributed by atoms with E-state index in [9.17, 15) is 0 Å². The summed E-state index contributed by atoms with van der Waals surface area (Å²) < 4.78 is 5.73. The Morgan fingerprint density at radius 1 is 1.14 bits per heavy atom. The highest BCUT2D eigenvalue weighted by Gasteiger charge is 2.19. The normalized spacial score (nSPS) is 18.2. The van der Waals surface area contributed by atoms with E-state index in [2.05, 4.69) is 67.3 Å². The lowest BCUT2D eigenvalue weighted by molar-refractivity contribution is 0.168. The number of benzene rings is 1. The Labute approximate surface area is 129 Å². The third-order valence-corrected chi connectivity index (χ3v) is 3.90. The summed E-state index contributed by atoms with van der Waals surface area (Å²) in [6.45, 7) is 9.67. The van der Waals surface area contributed by atoms with E-state index in [-0.39, 0.29) is 6.10 Å². The average molecular weight is 291 g/mol. The van der Waals surface area contributed by atoms with Gasteiger partial charge in [0.2, 0.25) is 0 Å². The van der Waals surface area contributed by atoms with Gasteiger partial charge in [-0.3, -0.25) is 4.90 Å². The van der Waals surface area contributed by atoms with Crippen molar-refractivity contribution >= 4 is 0 Å². The fraction of sp³-hybridized carbons (Fsp3) is 0.647. The molecule has 118 valence electrons. The molecule has 1 N–H and O–H groups in total. The van der Waals surface area contributed by atoms with Gasteiger partial charge in [0, 0.05) is 38.8 Å². The molecule has 1 atom stereocenters. The number of ether oxygens (including phenoxy) is 1. The molecule has 0 aliphatic carbocycles. The van der Waals surface area contributed by atoms with Gasteiger partial charge in [0.1, 0.15) is 5.75 Å². The zero-order chi connectivity index (χ0) is 15.2. The Morgan fingerprint density at radius 2 is 1.76 bits per heavy atom. The number of rotatable bonds is 6. The quantitative estimate of drug-likeness (QED) is 0.867. The molecule has 0 aromatic heterocycles. The smallest absolute Gasteiger partial charge is 0.119 e. The standard InChI is InChI=1S/C17H29N3O/c1-14(2)21-16-7-5-15(6-8-16)17(19(3)4)13-20-11-9-18-10-12-20/h5-8,14,17-18H,9-13H2,1-4H3. The van der Waals surface area contributed by atoms with Crippen molar-refractivity contribution in [2.75, 3.05) is 46.8 Å². The van der Waals surface area contributed by atoms with Crippen LogP contribution >= 0.6 is 0 Å². The maximum Gasteiger partial charge on any atom is 0.119 e. The van der Waals surface area contributed by atoms with E-state index in [1.54, 1.807) is 0 Å². The molecule has 0 spiro atoms. The summed E-state index contributed by atoms with van der Waals surface area (Å²) in [5, 5.41) is 3.41. The zero-order valence-electron chi connectivity index (χ0n) is 13.8. The van der Waals surface area contributed by atoms with Crippen molar-refractivity contribution in [3.8, 4) is 5.75 Å². The van der Waals surface area contributed by atoms with Gasteiger partial charge in [-0.1, -0.05) is 12.1 Å². The lowest BCUT2D eigenvalue weighted by atomic mass is 10.0. The van der Waals surface area contributed by atoms with Crippen LogP contribution in [-0.2, 0) is 0 Å². The first kappa shape index (κ1) is 16.3. The van der Waals surface area contributed by atoms with Gasteiger partial charge in [0.15, 0.2) is 0 Å². The van der Waals surface area contributed by atoms with Gasteiger partial charge in [-0.2, -0.15) is 0 Å². The molecule has 4 nitrogen and oxygen atoms in total. The van der Waals surface area contributed by atoms with Gasteiger partial charge in [-0.15, -0.1) is 0 Å². The van der Waals surface area contributed by atoms with Crippen molar-refractivity contribution in [1.82, 2.24) is 15.1 Å². The fourth-order valence-corrected chi connectivity index (χ4v) is 2.75. The predicted molar refractivity (Wildman–Crippen MR) is 87.9 cm³/mol. The molecule has 1 saturated heterocycles. The minimum absolute atomic E-state index is 0.223. The maximum absolute atomic E-state index is 5.73. The monoisotopic (exact) mass is 291 g/mol. The van der Waals surface area contributed by atoms with Crippen molar-refractivity contribution in [3.63, 3.8) is 0 Å². The lowest BCUT2D eigenvalue weighted by Crippen LogP contribution is -2.46. The minimum Gasteiger partial charge on any atom is -0.491 e. The number of hydrogen-bond acceptors (Lipinski definition) is 4. The third kappa shape index (κ3) is 4.99. The molecule has 0 radical (unpaired) electrons. The molecule has 4 heteroatoms. The Kier molecular flexibility index (Phi) is 6.03. The van der Waals surface area contributed by atoms with Gasteiger partial charge < -0.3 is 15.0 Å². The van der Waals surface area contributed by atoms with Crippen LogP contribution in [0.15, 0.2) is 24.3 Å². The summed E-state index contributed by atoms with van der Waals surface area (Å²) in [7, 11) is 4.32. The van der Waals surface area contributed by atoms with Gasteiger partial charge in [-0.05, 0) is 45.6 Å². The van der Waals surface area contributed by atoms with E-state index in [4.69, 9.17) is 4.74 Å². The molecule has 1 aromatic rings. The van der Waals surface area contributed by atoms with Crippen molar-refractivity contribution < 1.29 is 4.74 Å². The van der Waals surface area contributed by atoms with Crippen LogP contribution in [0.25, 0.3) is 0 Å². The highest BCUT2D eigenvalue weighted by Crippen LogP contribution is 2.23. The topological polar surface area (TPSA) is 27.7 Å². The second kappa shape index (κ2) is 7.78. The fourth-order valence-electron chi connectivity index (χ4n) is 2.75. The van der Waals surface area contributed by atoms with Crippen molar-refractivity contribution in [1.29, 1.82) is 0 Å². The molecule has 1 unspecified atom stereocenters. The predicted octanol–water partition coefficient (Wildman–Crippen LogP) is 1.98. The van der Waals surface area contributed by atoms with Crippen LogP contribution in [0.2, 0.25) is 0 Å². The Morgan fingerprint density at radius 3 is 2.29 bits per heavy atom. The van der Waals surface area contributed by atoms with E-state index < -0.39 is 0 Å². The first-order chi connectivity index (χ1) is 10.1. The highest BCUT2D eigenvalue weighted by atomic mass is 16.5. The molecule has 2 rings (SSSR count). The number of nitrogens with zero attached hydrogens (tertiary/aromatic N) is 2. The molecular formula is C17H29N3O. The van der Waals surface area contributed by atoms with Gasteiger partial charge >= 0.3 is 0 Å². The molecule has 0 bridgehead atoms. The zero-order valence-corrected chi connectivity index (χ0v) is 13.8. The summed E-state index contributed by atoms with van der Waals surface area (Å²) in [6.07, 6.45) is 0.223. The first-order valence-electron chi connectivity index (χ1n) is 7.92. The molecule has 1 aromatic carbocycles. The van der Waals surface area contributed by atoms with Crippen molar-refractivity contribution in [3.05, 3.63) is 29.8 Å². The van der Waals surface area contributed by atoms with Gasteiger partial charge in [-0.25, -0.2) is 0 Å². The van der Waals surface area contributed by atoms with Crippen molar-refractivity contribution in [2.45, 2.75) is 26.0 Å². The number of nitrogens with one attached hydrogen (secondary N) is 1. The van der Waals surface area contributed by atoms with Crippen LogP contribution in [-0.4, -0.2) is 62.7 Å². The number of piperazine rings is 1. The number of hydrogen-bond donors (Lipinski definition) is 1. The van der Waals surface area contributed by atoms with Crippen LogP contribution in [0.4, 0.5) is 0 Å². The van der Waals surface area contributed by atoms with Crippen LogP contribution in [0, 0.1) is 0 Å². The lowest BCUT2D eigenvalue weighted by Gasteiger charge is -2.34. The van der Waals surface area contributed by atoms with Crippen LogP contribution in [0.1, 0.15) is 25.5 Å². The highest BCUT2D eigenvalue weighted by molar-refractivity contribution is 5.29. The maximum atomic E-state index is 5.73. The summed E-state index contributed by atoms with van der Waals surface area (Å²) in [6, 6.07) is 9.00. The molecule has 1 heterocycles. The Bertz CT molecular complexity index is 411. The number of likely N-dealkylation sites (N-methyl/N-ethyl adjacent to an activating group) is 1. The molecule has 1 aliphatic heterocycles. The summed E-state index contributed by atoms with van der Waals surface area (Å²) in [5.41, 5.74) is 1.36. The summed E-state index contributed by atoms with van der Waals surface area (Å²) in [5.74, 6) is 0.952. The average Bonchev–Trinajstić information content (AvgIpc) is 2.46. The van der Waals surface area contributed by atoms with Gasteiger partial charge in [0.25, 0.3) is 0 Å². The van der Waals surface area contributed by atoms with Crippen LogP contribution < -0.4 is 10.1 Å². The van der Waals surface area contributed by atoms with E-state index >= 15 is 0 Å². The summed E-state index contributed by atoms with van der Waals surface area (Å²) in [4.78, 5) is 4.85. The van der Waals surface area contributed by atoms with E-state index in [0.717, 1.165) is 38.5 Å². The molecule has 0 amide bonds. The largest absolute Gasteiger partial charge is 0.491 e. The SMILES string of the molecule is CC(C)Oc1ccc(C(CN2CCNCC2)N(C)C)cc1. The van der Waals surface area contributed by atoms with E-state index in [1.165, 1.54) is 5.56 Å².